The van der Waals surface area contributed by atoms with Gasteiger partial charge in [-0.1, -0.05) is 0 Å². The normalized spacial score (nSPS) is 19.2. The summed E-state index contributed by atoms with van der Waals surface area (Å²) in [5, 5.41) is 7.41. The van der Waals surface area contributed by atoms with Crippen LogP contribution in [0.5, 0.6) is 0 Å². The average Bonchev–Trinajstić information content (AvgIpc) is 2.17. The molecule has 0 aromatic rings. The van der Waals surface area contributed by atoms with Crippen molar-refractivity contribution >= 4 is 12.7 Å². The number of aliphatic imine (C=N–C) groups is 1. The molecule has 0 unspecified atom stereocenters. The maximum atomic E-state index is 7.41. The standard InChI is InChI=1S/C8H15N3O/c1-10-8(9)11-5-3-7(12-2)4-6-11/h7,9H,1,3-6H2,2H3. The Bertz CT molecular complexity index is 173. The molecule has 0 aromatic heterocycles. The van der Waals surface area contributed by atoms with Crippen LogP contribution in [-0.4, -0.2) is 43.9 Å². The summed E-state index contributed by atoms with van der Waals surface area (Å²) in [6.45, 7) is 5.04. The number of ether oxygens (including phenoxy) is 1. The highest BCUT2D eigenvalue weighted by Gasteiger charge is 2.19. The molecule has 1 fully saturated rings. The molecule has 4 heteroatoms. The van der Waals surface area contributed by atoms with Gasteiger partial charge in [0.25, 0.3) is 0 Å². The first-order valence-electron chi connectivity index (χ1n) is 4.11. The molecule has 0 bridgehead atoms. The third kappa shape index (κ3) is 2.04. The van der Waals surface area contributed by atoms with Gasteiger partial charge in [-0.2, -0.15) is 0 Å². The van der Waals surface area contributed by atoms with Crippen LogP contribution in [-0.2, 0) is 4.74 Å². The molecule has 0 radical (unpaired) electrons. The third-order valence-electron chi connectivity index (χ3n) is 2.22. The van der Waals surface area contributed by atoms with Crippen molar-refractivity contribution in [2.75, 3.05) is 20.2 Å². The van der Waals surface area contributed by atoms with Crippen LogP contribution in [0.3, 0.4) is 0 Å². The Morgan fingerprint density at radius 1 is 1.58 bits per heavy atom. The van der Waals surface area contributed by atoms with E-state index in [0.717, 1.165) is 25.9 Å². The van der Waals surface area contributed by atoms with Gasteiger partial charge in [0.1, 0.15) is 0 Å². The Morgan fingerprint density at radius 2 is 2.17 bits per heavy atom. The minimum Gasteiger partial charge on any atom is -0.381 e. The van der Waals surface area contributed by atoms with Gasteiger partial charge in [-0.05, 0) is 19.6 Å². The van der Waals surface area contributed by atoms with Crippen LogP contribution in [0.15, 0.2) is 4.99 Å². The van der Waals surface area contributed by atoms with Gasteiger partial charge < -0.3 is 9.64 Å². The van der Waals surface area contributed by atoms with Crippen LogP contribution in [0, 0.1) is 5.41 Å². The summed E-state index contributed by atoms with van der Waals surface area (Å²) in [5.74, 6) is 0.282. The molecule has 1 N–H and O–H groups in total. The van der Waals surface area contributed by atoms with Crippen molar-refractivity contribution in [1.82, 2.24) is 4.90 Å². The van der Waals surface area contributed by atoms with Gasteiger partial charge in [0.15, 0.2) is 0 Å². The number of guanidine groups is 1. The summed E-state index contributed by atoms with van der Waals surface area (Å²) in [4.78, 5) is 5.50. The van der Waals surface area contributed by atoms with Crippen LogP contribution in [0.4, 0.5) is 0 Å². The van der Waals surface area contributed by atoms with E-state index in [0.29, 0.717) is 6.10 Å². The Kier molecular flexibility index (Phi) is 3.22. The zero-order chi connectivity index (χ0) is 8.97. The monoisotopic (exact) mass is 169 g/mol. The lowest BCUT2D eigenvalue weighted by molar-refractivity contribution is 0.0575. The number of rotatable bonds is 1. The number of likely N-dealkylation sites (tertiary alicyclic amines) is 1. The molecule has 4 nitrogen and oxygen atoms in total. The fourth-order valence-electron chi connectivity index (χ4n) is 1.40. The summed E-state index contributed by atoms with van der Waals surface area (Å²) in [7, 11) is 1.73. The van der Waals surface area contributed by atoms with E-state index in [1.165, 1.54) is 0 Å². The molecule has 0 saturated carbocycles. The minimum absolute atomic E-state index is 0.282. The number of nitrogens with zero attached hydrogens (tertiary/aromatic N) is 2. The summed E-state index contributed by atoms with van der Waals surface area (Å²) in [6, 6.07) is 0. The van der Waals surface area contributed by atoms with Crippen LogP contribution < -0.4 is 0 Å². The molecule has 1 rings (SSSR count). The molecule has 68 valence electrons. The molecular formula is C8H15N3O. The molecule has 0 aromatic carbocycles. The lowest BCUT2D eigenvalue weighted by atomic mass is 10.1. The number of nitrogens with one attached hydrogen (secondary N) is 1. The molecule has 0 aliphatic carbocycles. The number of piperidine rings is 1. The predicted octanol–water partition coefficient (Wildman–Crippen LogP) is 0.733. The predicted molar refractivity (Wildman–Crippen MR) is 48.9 cm³/mol. The Labute approximate surface area is 72.7 Å². The highest BCUT2D eigenvalue weighted by molar-refractivity contribution is 5.81. The quantitative estimate of drug-likeness (QED) is 0.464. The van der Waals surface area contributed by atoms with E-state index in [2.05, 4.69) is 11.7 Å². The van der Waals surface area contributed by atoms with Crippen LogP contribution >= 0.6 is 0 Å². The van der Waals surface area contributed by atoms with Crippen molar-refractivity contribution in [2.45, 2.75) is 18.9 Å². The Hall–Kier alpha value is -0.900. The van der Waals surface area contributed by atoms with Gasteiger partial charge in [0.2, 0.25) is 5.96 Å². The van der Waals surface area contributed by atoms with E-state index < -0.39 is 0 Å². The second-order valence-electron chi connectivity index (χ2n) is 2.90. The SMILES string of the molecule is C=NC(=N)N1CCC(OC)CC1. The maximum Gasteiger partial charge on any atom is 0.217 e. The summed E-state index contributed by atoms with van der Waals surface area (Å²) in [5.41, 5.74) is 0. The second kappa shape index (κ2) is 4.21. The van der Waals surface area contributed by atoms with Crippen molar-refractivity contribution in [3.05, 3.63) is 0 Å². The van der Waals surface area contributed by atoms with E-state index in [-0.39, 0.29) is 5.96 Å². The molecule has 0 amide bonds. The first kappa shape index (κ1) is 9.19. The van der Waals surface area contributed by atoms with E-state index in [1.54, 1.807) is 7.11 Å². The van der Waals surface area contributed by atoms with Crippen molar-refractivity contribution < 1.29 is 4.74 Å². The highest BCUT2D eigenvalue weighted by Crippen LogP contribution is 2.12. The van der Waals surface area contributed by atoms with Gasteiger partial charge in [-0.25, -0.2) is 4.99 Å². The molecule has 1 saturated heterocycles. The first-order valence-corrected chi connectivity index (χ1v) is 4.11. The van der Waals surface area contributed by atoms with Crippen molar-refractivity contribution in [2.24, 2.45) is 4.99 Å². The molecule has 0 spiro atoms. The smallest absolute Gasteiger partial charge is 0.217 e. The van der Waals surface area contributed by atoms with Gasteiger partial charge in [-0.3, -0.25) is 5.41 Å². The van der Waals surface area contributed by atoms with E-state index >= 15 is 0 Å². The Balaban J connectivity index is 2.35. The lowest BCUT2D eigenvalue weighted by Crippen LogP contribution is -2.39. The minimum atomic E-state index is 0.282. The van der Waals surface area contributed by atoms with Gasteiger partial charge >= 0.3 is 0 Å². The third-order valence-corrected chi connectivity index (χ3v) is 2.22. The van der Waals surface area contributed by atoms with Gasteiger partial charge in [0, 0.05) is 20.2 Å². The fourth-order valence-corrected chi connectivity index (χ4v) is 1.40. The number of methoxy groups -OCH3 is 1. The van der Waals surface area contributed by atoms with E-state index in [9.17, 15) is 0 Å². The number of hydrogen-bond acceptors (Lipinski definition) is 2. The van der Waals surface area contributed by atoms with Gasteiger partial charge in [0.05, 0.1) is 6.10 Å². The summed E-state index contributed by atoms with van der Waals surface area (Å²) >= 11 is 0. The maximum absolute atomic E-state index is 7.41. The zero-order valence-corrected chi connectivity index (χ0v) is 7.42. The fraction of sp³-hybridized carbons (Fsp3) is 0.750. The van der Waals surface area contributed by atoms with Crippen molar-refractivity contribution in [1.29, 1.82) is 5.41 Å². The van der Waals surface area contributed by atoms with Crippen LogP contribution in [0.2, 0.25) is 0 Å². The Morgan fingerprint density at radius 3 is 2.58 bits per heavy atom. The van der Waals surface area contributed by atoms with E-state index in [1.807, 2.05) is 4.90 Å². The highest BCUT2D eigenvalue weighted by atomic mass is 16.5. The largest absolute Gasteiger partial charge is 0.381 e. The van der Waals surface area contributed by atoms with Crippen LogP contribution in [0.1, 0.15) is 12.8 Å². The van der Waals surface area contributed by atoms with Gasteiger partial charge in [-0.15, -0.1) is 0 Å². The average molecular weight is 169 g/mol. The molecule has 1 aliphatic heterocycles. The molecule has 0 atom stereocenters. The summed E-state index contributed by atoms with van der Waals surface area (Å²) in [6.07, 6.45) is 2.32. The van der Waals surface area contributed by atoms with Crippen molar-refractivity contribution in [3.63, 3.8) is 0 Å². The zero-order valence-electron chi connectivity index (χ0n) is 7.42. The van der Waals surface area contributed by atoms with Crippen molar-refractivity contribution in [3.8, 4) is 0 Å². The molecular weight excluding hydrogens is 154 g/mol. The summed E-state index contributed by atoms with van der Waals surface area (Å²) < 4.78 is 5.21. The number of hydrogen-bond donors (Lipinski definition) is 1. The molecule has 12 heavy (non-hydrogen) atoms. The topological polar surface area (TPSA) is 48.7 Å². The van der Waals surface area contributed by atoms with E-state index in [4.69, 9.17) is 10.1 Å². The molecule has 1 aliphatic rings. The molecule has 1 heterocycles. The lowest BCUT2D eigenvalue weighted by Gasteiger charge is -2.31. The first-order chi connectivity index (χ1) is 5.77. The second-order valence-corrected chi connectivity index (χ2v) is 2.90. The van der Waals surface area contributed by atoms with Crippen LogP contribution in [0.25, 0.3) is 0 Å².